The number of halogens is 1. The zero-order chi connectivity index (χ0) is 15.4. The average Bonchev–Trinajstić information content (AvgIpc) is 2.52. The van der Waals surface area contributed by atoms with Crippen LogP contribution in [-0.4, -0.2) is 20.0 Å². The van der Waals surface area contributed by atoms with Crippen molar-refractivity contribution in [3.05, 3.63) is 58.1 Å². The van der Waals surface area contributed by atoms with Gasteiger partial charge in [0.25, 0.3) is 0 Å². The molecule has 0 unspecified atom stereocenters. The Labute approximate surface area is 129 Å². The Morgan fingerprint density at radius 3 is 2.33 bits per heavy atom. The van der Waals surface area contributed by atoms with E-state index in [4.69, 9.17) is 21.1 Å². The molecule has 0 saturated carbocycles. The van der Waals surface area contributed by atoms with Crippen LogP contribution in [0.15, 0.2) is 36.4 Å². The zero-order valence-electron chi connectivity index (χ0n) is 12.3. The predicted octanol–water partition coefficient (Wildman–Crippen LogP) is 4.15. The van der Waals surface area contributed by atoms with Crippen LogP contribution < -0.4 is 9.47 Å². The quantitative estimate of drug-likeness (QED) is 0.778. The van der Waals surface area contributed by atoms with Gasteiger partial charge in [0.15, 0.2) is 17.3 Å². The molecule has 0 atom stereocenters. The molecule has 21 heavy (non-hydrogen) atoms. The third kappa shape index (κ3) is 3.19. The van der Waals surface area contributed by atoms with E-state index in [-0.39, 0.29) is 5.78 Å². The molecule has 0 fully saturated rings. The van der Waals surface area contributed by atoms with Crippen molar-refractivity contribution in [3.63, 3.8) is 0 Å². The first kappa shape index (κ1) is 15.4. The van der Waals surface area contributed by atoms with Gasteiger partial charge < -0.3 is 9.47 Å². The first-order valence-electron chi connectivity index (χ1n) is 6.65. The van der Waals surface area contributed by atoms with Gasteiger partial charge in [-0.1, -0.05) is 30.7 Å². The van der Waals surface area contributed by atoms with E-state index in [1.54, 1.807) is 44.6 Å². The fourth-order valence-corrected chi connectivity index (χ4v) is 2.40. The Hall–Kier alpha value is -2.00. The molecule has 0 bridgehead atoms. The monoisotopic (exact) mass is 304 g/mol. The molecular formula is C17H17ClO3. The number of hydrogen-bond donors (Lipinski definition) is 0. The fourth-order valence-electron chi connectivity index (χ4n) is 2.21. The van der Waals surface area contributed by atoms with Crippen molar-refractivity contribution >= 4 is 17.4 Å². The highest BCUT2D eigenvalue weighted by Gasteiger charge is 2.17. The van der Waals surface area contributed by atoms with E-state index in [2.05, 4.69) is 0 Å². The second-order valence-electron chi connectivity index (χ2n) is 4.56. The minimum absolute atomic E-state index is 0.0738. The maximum atomic E-state index is 12.7. The lowest BCUT2D eigenvalue weighted by Crippen LogP contribution is -2.06. The molecule has 2 rings (SSSR count). The lowest BCUT2D eigenvalue weighted by atomic mass is 9.96. The van der Waals surface area contributed by atoms with Crippen LogP contribution in [0.5, 0.6) is 11.5 Å². The second-order valence-corrected chi connectivity index (χ2v) is 4.99. The summed E-state index contributed by atoms with van der Waals surface area (Å²) in [6.07, 6.45) is 0.724. The molecule has 0 heterocycles. The lowest BCUT2D eigenvalue weighted by molar-refractivity contribution is 0.103. The van der Waals surface area contributed by atoms with Gasteiger partial charge in [-0.05, 0) is 36.2 Å². The Morgan fingerprint density at radius 2 is 1.76 bits per heavy atom. The van der Waals surface area contributed by atoms with E-state index in [9.17, 15) is 4.79 Å². The van der Waals surface area contributed by atoms with Crippen molar-refractivity contribution in [2.45, 2.75) is 13.3 Å². The molecule has 3 nitrogen and oxygen atoms in total. The van der Waals surface area contributed by atoms with Crippen molar-refractivity contribution in [2.75, 3.05) is 14.2 Å². The third-order valence-corrected chi connectivity index (χ3v) is 3.56. The standard InChI is InChI=1S/C17H17ClO3/c1-4-11-9-15(20-2)16(21-3)10-14(11)17(19)12-6-5-7-13(18)8-12/h5-10H,4H2,1-3H3. The van der Waals surface area contributed by atoms with Gasteiger partial charge in [0, 0.05) is 16.1 Å². The Kier molecular flexibility index (Phi) is 4.86. The summed E-state index contributed by atoms with van der Waals surface area (Å²) in [5.74, 6) is 1.09. The summed E-state index contributed by atoms with van der Waals surface area (Å²) in [5, 5.41) is 0.541. The van der Waals surface area contributed by atoms with Crippen LogP contribution in [0.4, 0.5) is 0 Å². The van der Waals surface area contributed by atoms with Crippen LogP contribution >= 0.6 is 11.6 Å². The maximum Gasteiger partial charge on any atom is 0.193 e. The minimum atomic E-state index is -0.0738. The molecule has 4 heteroatoms. The topological polar surface area (TPSA) is 35.5 Å². The average molecular weight is 305 g/mol. The predicted molar refractivity (Wildman–Crippen MR) is 83.8 cm³/mol. The Bertz CT molecular complexity index is 665. The first-order chi connectivity index (χ1) is 10.1. The molecule has 0 spiro atoms. The Morgan fingerprint density at radius 1 is 1.10 bits per heavy atom. The summed E-state index contributed by atoms with van der Waals surface area (Å²) < 4.78 is 10.6. The number of hydrogen-bond acceptors (Lipinski definition) is 3. The van der Waals surface area contributed by atoms with Crippen molar-refractivity contribution in [2.24, 2.45) is 0 Å². The summed E-state index contributed by atoms with van der Waals surface area (Å²) in [4.78, 5) is 12.7. The third-order valence-electron chi connectivity index (χ3n) is 3.32. The number of carbonyl (C=O) groups is 1. The van der Waals surface area contributed by atoms with E-state index >= 15 is 0 Å². The molecule has 0 aliphatic rings. The normalized spacial score (nSPS) is 10.3. The van der Waals surface area contributed by atoms with Crippen molar-refractivity contribution in [3.8, 4) is 11.5 Å². The van der Waals surface area contributed by atoms with E-state index in [0.29, 0.717) is 27.6 Å². The summed E-state index contributed by atoms with van der Waals surface area (Å²) in [5.41, 5.74) is 2.08. The highest BCUT2D eigenvalue weighted by atomic mass is 35.5. The summed E-state index contributed by atoms with van der Waals surface area (Å²) in [6.45, 7) is 2.00. The van der Waals surface area contributed by atoms with E-state index in [1.807, 2.05) is 13.0 Å². The molecule has 0 saturated heterocycles. The fraction of sp³-hybridized carbons (Fsp3) is 0.235. The van der Waals surface area contributed by atoms with Gasteiger partial charge in [0.1, 0.15) is 0 Å². The summed E-state index contributed by atoms with van der Waals surface area (Å²) >= 11 is 5.96. The number of aryl methyl sites for hydroxylation is 1. The van der Waals surface area contributed by atoms with Crippen LogP contribution in [0.3, 0.4) is 0 Å². The number of ether oxygens (including phenoxy) is 2. The molecule has 0 aliphatic heterocycles. The molecule has 0 aromatic heterocycles. The van der Waals surface area contributed by atoms with Crippen molar-refractivity contribution in [1.29, 1.82) is 0 Å². The van der Waals surface area contributed by atoms with Crippen molar-refractivity contribution < 1.29 is 14.3 Å². The van der Waals surface area contributed by atoms with Crippen LogP contribution in [0, 0.1) is 0 Å². The number of benzene rings is 2. The maximum absolute atomic E-state index is 12.7. The SMILES string of the molecule is CCc1cc(OC)c(OC)cc1C(=O)c1cccc(Cl)c1. The smallest absolute Gasteiger partial charge is 0.193 e. The second kappa shape index (κ2) is 6.64. The van der Waals surface area contributed by atoms with Crippen LogP contribution in [-0.2, 0) is 6.42 Å². The largest absolute Gasteiger partial charge is 0.493 e. The van der Waals surface area contributed by atoms with Gasteiger partial charge in [-0.3, -0.25) is 4.79 Å². The number of ketones is 1. The van der Waals surface area contributed by atoms with Gasteiger partial charge in [-0.25, -0.2) is 0 Å². The molecular weight excluding hydrogens is 288 g/mol. The van der Waals surface area contributed by atoms with Crippen molar-refractivity contribution in [1.82, 2.24) is 0 Å². The number of rotatable bonds is 5. The van der Waals surface area contributed by atoms with E-state index in [0.717, 1.165) is 12.0 Å². The van der Waals surface area contributed by atoms with Gasteiger partial charge in [0.2, 0.25) is 0 Å². The van der Waals surface area contributed by atoms with E-state index < -0.39 is 0 Å². The van der Waals surface area contributed by atoms with Crippen LogP contribution in [0.2, 0.25) is 5.02 Å². The highest BCUT2D eigenvalue weighted by molar-refractivity contribution is 6.31. The summed E-state index contributed by atoms with van der Waals surface area (Å²) in [7, 11) is 3.13. The van der Waals surface area contributed by atoms with Gasteiger partial charge in [-0.2, -0.15) is 0 Å². The lowest BCUT2D eigenvalue weighted by Gasteiger charge is -2.13. The molecule has 0 aliphatic carbocycles. The minimum Gasteiger partial charge on any atom is -0.493 e. The van der Waals surface area contributed by atoms with Gasteiger partial charge in [0.05, 0.1) is 14.2 Å². The Balaban J connectivity index is 2.54. The van der Waals surface area contributed by atoms with E-state index in [1.165, 1.54) is 0 Å². The molecule has 2 aromatic carbocycles. The van der Waals surface area contributed by atoms with Gasteiger partial charge >= 0.3 is 0 Å². The molecule has 0 N–H and O–H groups in total. The summed E-state index contributed by atoms with van der Waals surface area (Å²) in [6, 6.07) is 10.5. The number of carbonyl (C=O) groups excluding carboxylic acids is 1. The van der Waals surface area contributed by atoms with Crippen LogP contribution in [0.1, 0.15) is 28.4 Å². The molecule has 0 amide bonds. The first-order valence-corrected chi connectivity index (χ1v) is 7.03. The zero-order valence-corrected chi connectivity index (χ0v) is 13.0. The van der Waals surface area contributed by atoms with Crippen LogP contribution in [0.25, 0.3) is 0 Å². The molecule has 2 aromatic rings. The molecule has 110 valence electrons. The highest BCUT2D eigenvalue weighted by Crippen LogP contribution is 2.32. The number of methoxy groups -OCH3 is 2. The molecule has 0 radical (unpaired) electrons. The van der Waals surface area contributed by atoms with Gasteiger partial charge in [-0.15, -0.1) is 0 Å².